The van der Waals surface area contributed by atoms with E-state index < -0.39 is 0 Å². The first kappa shape index (κ1) is 14.1. The van der Waals surface area contributed by atoms with Crippen molar-refractivity contribution in [3.63, 3.8) is 0 Å². The van der Waals surface area contributed by atoms with Crippen molar-refractivity contribution in [1.82, 2.24) is 4.90 Å². The van der Waals surface area contributed by atoms with Gasteiger partial charge in [0.2, 0.25) is 0 Å². The van der Waals surface area contributed by atoms with Crippen molar-refractivity contribution in [1.29, 1.82) is 0 Å². The molecule has 4 heteroatoms. The molecule has 2 rings (SSSR count). The molecule has 0 N–H and O–H groups in total. The molecule has 0 unspecified atom stereocenters. The zero-order valence-corrected chi connectivity index (χ0v) is 11.5. The fraction of sp³-hybridized carbons (Fsp3) is 0.188. The Labute approximate surface area is 117 Å². The molecular formula is C16H16FNO2. The van der Waals surface area contributed by atoms with E-state index in [9.17, 15) is 9.18 Å². The highest BCUT2D eigenvalue weighted by Crippen LogP contribution is 2.19. The van der Waals surface area contributed by atoms with Gasteiger partial charge in [0.15, 0.2) is 0 Å². The Balaban J connectivity index is 2.14. The predicted octanol–water partition coefficient (Wildman–Crippen LogP) is 3.11. The topological polar surface area (TPSA) is 29.5 Å². The summed E-state index contributed by atoms with van der Waals surface area (Å²) < 4.78 is 18.0. The lowest BCUT2D eigenvalue weighted by Gasteiger charge is -2.18. The molecule has 0 spiro atoms. The third-order valence-electron chi connectivity index (χ3n) is 3.02. The molecule has 0 aromatic heterocycles. The quantitative estimate of drug-likeness (QED) is 0.856. The van der Waals surface area contributed by atoms with Crippen molar-refractivity contribution in [2.45, 2.75) is 6.54 Å². The average Bonchev–Trinajstić information content (AvgIpc) is 2.48. The summed E-state index contributed by atoms with van der Waals surface area (Å²) >= 11 is 0. The molecule has 0 heterocycles. The number of benzene rings is 2. The van der Waals surface area contributed by atoms with Gasteiger partial charge < -0.3 is 9.64 Å². The van der Waals surface area contributed by atoms with Gasteiger partial charge in [-0.1, -0.05) is 24.3 Å². The lowest BCUT2D eigenvalue weighted by atomic mass is 10.1. The van der Waals surface area contributed by atoms with E-state index in [0.717, 1.165) is 5.56 Å². The number of para-hydroxylation sites is 1. The molecule has 2 aromatic carbocycles. The van der Waals surface area contributed by atoms with Crippen molar-refractivity contribution in [2.24, 2.45) is 0 Å². The van der Waals surface area contributed by atoms with Crippen LogP contribution in [0.3, 0.4) is 0 Å². The lowest BCUT2D eigenvalue weighted by molar-refractivity contribution is 0.0781. The van der Waals surface area contributed by atoms with E-state index in [0.29, 0.717) is 17.9 Å². The van der Waals surface area contributed by atoms with E-state index in [1.165, 1.54) is 19.2 Å². The van der Waals surface area contributed by atoms with Crippen molar-refractivity contribution < 1.29 is 13.9 Å². The van der Waals surface area contributed by atoms with Crippen molar-refractivity contribution in [3.8, 4) is 5.75 Å². The molecule has 0 aliphatic rings. The molecule has 0 fully saturated rings. The predicted molar refractivity (Wildman–Crippen MR) is 75.2 cm³/mol. The van der Waals surface area contributed by atoms with Crippen LogP contribution in [0.15, 0.2) is 48.5 Å². The molecule has 104 valence electrons. The first-order chi connectivity index (χ1) is 9.61. The largest absolute Gasteiger partial charge is 0.496 e. The van der Waals surface area contributed by atoms with Crippen LogP contribution in [-0.4, -0.2) is 25.0 Å². The van der Waals surface area contributed by atoms with Gasteiger partial charge in [-0.3, -0.25) is 4.79 Å². The van der Waals surface area contributed by atoms with Crippen LogP contribution in [0.4, 0.5) is 4.39 Å². The standard InChI is InChI=1S/C16H16FNO2/c1-18(11-12-7-9-13(17)10-8-12)16(19)14-5-3-4-6-15(14)20-2/h3-10H,11H2,1-2H3. The molecule has 0 aliphatic heterocycles. The van der Waals surface area contributed by atoms with Gasteiger partial charge in [0.05, 0.1) is 12.7 Å². The SMILES string of the molecule is COc1ccccc1C(=O)N(C)Cc1ccc(F)cc1. The monoisotopic (exact) mass is 273 g/mol. The van der Waals surface area contributed by atoms with E-state index in [1.54, 1.807) is 42.3 Å². The van der Waals surface area contributed by atoms with Crippen molar-refractivity contribution in [3.05, 3.63) is 65.5 Å². The average molecular weight is 273 g/mol. The molecule has 0 radical (unpaired) electrons. The number of amides is 1. The Kier molecular flexibility index (Phi) is 4.35. The van der Waals surface area contributed by atoms with Crippen LogP contribution in [0.25, 0.3) is 0 Å². The number of hydrogen-bond donors (Lipinski definition) is 0. The zero-order chi connectivity index (χ0) is 14.5. The van der Waals surface area contributed by atoms with Crippen LogP contribution < -0.4 is 4.74 Å². The fourth-order valence-electron chi connectivity index (χ4n) is 1.96. The maximum atomic E-state index is 12.8. The molecule has 1 amide bonds. The van der Waals surface area contributed by atoms with E-state index in [-0.39, 0.29) is 11.7 Å². The Morgan fingerprint density at radius 3 is 2.45 bits per heavy atom. The maximum absolute atomic E-state index is 12.8. The van der Waals surface area contributed by atoms with Crippen LogP contribution in [0, 0.1) is 5.82 Å². The number of rotatable bonds is 4. The van der Waals surface area contributed by atoms with Gasteiger partial charge in [0.1, 0.15) is 11.6 Å². The molecule has 20 heavy (non-hydrogen) atoms. The smallest absolute Gasteiger partial charge is 0.257 e. The molecule has 3 nitrogen and oxygen atoms in total. The number of nitrogens with zero attached hydrogens (tertiary/aromatic N) is 1. The maximum Gasteiger partial charge on any atom is 0.257 e. The van der Waals surface area contributed by atoms with Crippen LogP contribution in [0.2, 0.25) is 0 Å². The van der Waals surface area contributed by atoms with Crippen LogP contribution >= 0.6 is 0 Å². The molecule has 2 aromatic rings. The summed E-state index contributed by atoms with van der Waals surface area (Å²) in [6, 6.07) is 13.2. The molecule has 0 saturated heterocycles. The van der Waals surface area contributed by atoms with Crippen molar-refractivity contribution >= 4 is 5.91 Å². The highest BCUT2D eigenvalue weighted by atomic mass is 19.1. The number of hydrogen-bond acceptors (Lipinski definition) is 2. The second kappa shape index (κ2) is 6.19. The normalized spacial score (nSPS) is 10.2. The van der Waals surface area contributed by atoms with Gasteiger partial charge in [-0.2, -0.15) is 0 Å². The second-order valence-corrected chi connectivity index (χ2v) is 4.49. The van der Waals surface area contributed by atoms with E-state index in [4.69, 9.17) is 4.74 Å². The Morgan fingerprint density at radius 2 is 1.80 bits per heavy atom. The first-order valence-corrected chi connectivity index (χ1v) is 6.24. The minimum absolute atomic E-state index is 0.133. The Hall–Kier alpha value is -2.36. The third kappa shape index (κ3) is 3.15. The molecule has 0 bridgehead atoms. The molecule has 0 saturated carbocycles. The summed E-state index contributed by atoms with van der Waals surface area (Å²) in [6.45, 7) is 0.414. The Morgan fingerprint density at radius 1 is 1.15 bits per heavy atom. The van der Waals surface area contributed by atoms with Crippen LogP contribution in [0.1, 0.15) is 15.9 Å². The van der Waals surface area contributed by atoms with Gasteiger partial charge in [-0.05, 0) is 29.8 Å². The van der Waals surface area contributed by atoms with E-state index in [1.807, 2.05) is 6.07 Å². The summed E-state index contributed by atoms with van der Waals surface area (Å²) in [6.07, 6.45) is 0. The minimum atomic E-state index is -0.285. The van der Waals surface area contributed by atoms with Crippen molar-refractivity contribution in [2.75, 3.05) is 14.2 Å². The van der Waals surface area contributed by atoms with Crippen LogP contribution in [-0.2, 0) is 6.54 Å². The van der Waals surface area contributed by atoms with Crippen LogP contribution in [0.5, 0.6) is 5.75 Å². The number of methoxy groups -OCH3 is 1. The van der Waals surface area contributed by atoms with E-state index >= 15 is 0 Å². The molecule has 0 aliphatic carbocycles. The highest BCUT2D eigenvalue weighted by Gasteiger charge is 2.16. The van der Waals surface area contributed by atoms with Gasteiger partial charge >= 0.3 is 0 Å². The van der Waals surface area contributed by atoms with Gasteiger partial charge in [0, 0.05) is 13.6 Å². The van der Waals surface area contributed by atoms with Gasteiger partial charge in [-0.15, -0.1) is 0 Å². The molecular weight excluding hydrogens is 257 g/mol. The number of carbonyl (C=O) groups excluding carboxylic acids is 1. The first-order valence-electron chi connectivity index (χ1n) is 6.24. The van der Waals surface area contributed by atoms with E-state index in [2.05, 4.69) is 0 Å². The summed E-state index contributed by atoms with van der Waals surface area (Å²) in [4.78, 5) is 13.9. The fourth-order valence-corrected chi connectivity index (χ4v) is 1.96. The third-order valence-corrected chi connectivity index (χ3v) is 3.02. The second-order valence-electron chi connectivity index (χ2n) is 4.49. The Bertz CT molecular complexity index is 596. The molecule has 0 atom stereocenters. The number of carbonyl (C=O) groups is 1. The number of halogens is 1. The summed E-state index contributed by atoms with van der Waals surface area (Å²) in [5.41, 5.74) is 1.39. The minimum Gasteiger partial charge on any atom is -0.496 e. The lowest BCUT2D eigenvalue weighted by Crippen LogP contribution is -2.26. The summed E-state index contributed by atoms with van der Waals surface area (Å²) in [7, 11) is 3.24. The number of ether oxygens (including phenoxy) is 1. The zero-order valence-electron chi connectivity index (χ0n) is 11.5. The van der Waals surface area contributed by atoms with Gasteiger partial charge in [-0.25, -0.2) is 4.39 Å². The highest BCUT2D eigenvalue weighted by molar-refractivity contribution is 5.96. The summed E-state index contributed by atoms with van der Waals surface area (Å²) in [5.74, 6) is 0.127. The summed E-state index contributed by atoms with van der Waals surface area (Å²) in [5, 5.41) is 0. The van der Waals surface area contributed by atoms with Gasteiger partial charge in [0.25, 0.3) is 5.91 Å².